The van der Waals surface area contributed by atoms with Gasteiger partial charge in [0.15, 0.2) is 0 Å². The van der Waals surface area contributed by atoms with Crippen LogP contribution in [0, 0.1) is 0 Å². The molecule has 3 nitrogen and oxygen atoms in total. The first-order valence-corrected chi connectivity index (χ1v) is 6.56. The van der Waals surface area contributed by atoms with Crippen LogP contribution in [0.4, 0.5) is 0 Å². The van der Waals surface area contributed by atoms with Gasteiger partial charge in [-0.3, -0.25) is 4.90 Å². The summed E-state index contributed by atoms with van der Waals surface area (Å²) < 4.78 is 11.0. The average Bonchev–Trinajstić information content (AvgIpc) is 2.39. The molecule has 2 rings (SSSR count). The Balaban J connectivity index is 1.68. The molecule has 0 N–H and O–H groups in total. The van der Waals surface area contributed by atoms with E-state index >= 15 is 0 Å². The fraction of sp³-hybridized carbons (Fsp3) is 0.538. The number of hydrogen-bond acceptors (Lipinski definition) is 4. The molecular weight excluding hydrogens is 234 g/mol. The van der Waals surface area contributed by atoms with Gasteiger partial charge in [0, 0.05) is 26.1 Å². The highest BCUT2D eigenvalue weighted by molar-refractivity contribution is 7.80. The van der Waals surface area contributed by atoms with Crippen molar-refractivity contribution in [2.24, 2.45) is 0 Å². The Morgan fingerprint density at radius 2 is 1.94 bits per heavy atom. The summed E-state index contributed by atoms with van der Waals surface area (Å²) in [6.07, 6.45) is 0.929. The lowest BCUT2D eigenvalue weighted by atomic mass is 10.3. The van der Waals surface area contributed by atoms with E-state index in [4.69, 9.17) is 9.47 Å². The quantitative estimate of drug-likeness (QED) is 0.641. The number of thiol groups is 1. The number of ether oxygens (including phenoxy) is 2. The molecule has 4 heteroatoms. The van der Waals surface area contributed by atoms with E-state index in [1.807, 2.05) is 30.3 Å². The summed E-state index contributed by atoms with van der Waals surface area (Å²) in [4.78, 5) is 2.39. The smallest absolute Gasteiger partial charge is 0.142 e. The van der Waals surface area contributed by atoms with Gasteiger partial charge in [0.25, 0.3) is 0 Å². The van der Waals surface area contributed by atoms with Crippen LogP contribution in [0.1, 0.15) is 6.42 Å². The predicted octanol–water partition coefficient (Wildman–Crippen LogP) is 2.04. The van der Waals surface area contributed by atoms with E-state index in [0.29, 0.717) is 0 Å². The van der Waals surface area contributed by atoms with Crippen molar-refractivity contribution < 1.29 is 9.47 Å². The molecule has 1 aromatic carbocycles. The van der Waals surface area contributed by atoms with Gasteiger partial charge in [0.05, 0.1) is 13.2 Å². The zero-order valence-corrected chi connectivity index (χ0v) is 10.8. The molecule has 0 radical (unpaired) electrons. The summed E-state index contributed by atoms with van der Waals surface area (Å²) in [7, 11) is 0. The molecule has 1 aliphatic rings. The first-order chi connectivity index (χ1) is 8.34. The fourth-order valence-corrected chi connectivity index (χ4v) is 2.07. The fourth-order valence-electron chi connectivity index (χ4n) is 1.83. The highest BCUT2D eigenvalue weighted by atomic mass is 32.1. The Labute approximate surface area is 108 Å². The summed E-state index contributed by atoms with van der Waals surface area (Å²) in [5, 5.41) is 0. The summed E-state index contributed by atoms with van der Waals surface area (Å²) in [6, 6.07) is 9.83. The molecular formula is C13H19NO2S. The van der Waals surface area contributed by atoms with Crippen LogP contribution in [0.25, 0.3) is 0 Å². The van der Waals surface area contributed by atoms with E-state index in [1.54, 1.807) is 0 Å². The Kier molecular flexibility index (Phi) is 5.16. The minimum absolute atomic E-state index is 0.0414. The topological polar surface area (TPSA) is 21.7 Å². The Morgan fingerprint density at radius 1 is 1.24 bits per heavy atom. The third-order valence-corrected chi connectivity index (χ3v) is 3.17. The van der Waals surface area contributed by atoms with Crippen molar-refractivity contribution in [3.63, 3.8) is 0 Å². The molecule has 94 valence electrons. The molecule has 1 fully saturated rings. The second-order valence-electron chi connectivity index (χ2n) is 4.13. The molecule has 0 aliphatic carbocycles. The molecule has 0 amide bonds. The van der Waals surface area contributed by atoms with Crippen LogP contribution in [-0.2, 0) is 4.74 Å². The largest absolute Gasteiger partial charge is 0.480 e. The van der Waals surface area contributed by atoms with E-state index in [2.05, 4.69) is 17.5 Å². The second-order valence-corrected chi connectivity index (χ2v) is 4.70. The molecule has 1 unspecified atom stereocenters. The minimum atomic E-state index is -0.0414. The van der Waals surface area contributed by atoms with Crippen LogP contribution in [-0.4, -0.2) is 43.2 Å². The van der Waals surface area contributed by atoms with Crippen LogP contribution in [0.5, 0.6) is 5.75 Å². The number of hydrogen-bond donors (Lipinski definition) is 1. The van der Waals surface area contributed by atoms with E-state index in [9.17, 15) is 0 Å². The van der Waals surface area contributed by atoms with Crippen molar-refractivity contribution in [2.45, 2.75) is 11.9 Å². The zero-order valence-electron chi connectivity index (χ0n) is 9.92. The van der Waals surface area contributed by atoms with Crippen LogP contribution >= 0.6 is 12.6 Å². The number of para-hydroxylation sites is 1. The highest BCUT2D eigenvalue weighted by Crippen LogP contribution is 2.14. The molecule has 0 saturated carbocycles. The lowest BCUT2D eigenvalue weighted by molar-refractivity contribution is 0.0350. The summed E-state index contributed by atoms with van der Waals surface area (Å²) in [6.45, 7) is 4.75. The van der Waals surface area contributed by atoms with Crippen LogP contribution < -0.4 is 4.74 Å². The zero-order chi connectivity index (χ0) is 11.9. The van der Waals surface area contributed by atoms with Gasteiger partial charge in [-0.25, -0.2) is 0 Å². The third-order valence-electron chi connectivity index (χ3n) is 2.81. The van der Waals surface area contributed by atoms with Gasteiger partial charge in [-0.2, -0.15) is 0 Å². The number of benzene rings is 1. The number of morpholine rings is 1. The second kappa shape index (κ2) is 6.89. The van der Waals surface area contributed by atoms with Gasteiger partial charge in [-0.1, -0.05) is 18.2 Å². The van der Waals surface area contributed by atoms with Crippen LogP contribution in [0.15, 0.2) is 30.3 Å². The monoisotopic (exact) mass is 253 g/mol. The normalized spacial score (nSPS) is 18.9. The summed E-state index contributed by atoms with van der Waals surface area (Å²) in [5.74, 6) is 0.884. The minimum Gasteiger partial charge on any atom is -0.480 e. The molecule has 0 bridgehead atoms. The van der Waals surface area contributed by atoms with Crippen molar-refractivity contribution in [1.82, 2.24) is 4.90 Å². The van der Waals surface area contributed by atoms with Gasteiger partial charge in [0.2, 0.25) is 0 Å². The number of nitrogens with zero attached hydrogens (tertiary/aromatic N) is 1. The van der Waals surface area contributed by atoms with Crippen molar-refractivity contribution in [1.29, 1.82) is 0 Å². The van der Waals surface area contributed by atoms with Gasteiger partial charge in [-0.15, -0.1) is 12.6 Å². The molecule has 17 heavy (non-hydrogen) atoms. The average molecular weight is 253 g/mol. The van der Waals surface area contributed by atoms with Gasteiger partial charge in [0.1, 0.15) is 11.2 Å². The molecule has 0 aromatic heterocycles. The third kappa shape index (κ3) is 4.58. The maximum absolute atomic E-state index is 5.71. The van der Waals surface area contributed by atoms with E-state index in [0.717, 1.165) is 45.0 Å². The molecule has 1 heterocycles. The predicted molar refractivity (Wildman–Crippen MR) is 71.7 cm³/mol. The first-order valence-electron chi connectivity index (χ1n) is 6.04. The van der Waals surface area contributed by atoms with E-state index in [1.165, 1.54) is 0 Å². The highest BCUT2D eigenvalue weighted by Gasteiger charge is 2.12. The van der Waals surface area contributed by atoms with Crippen molar-refractivity contribution in [3.8, 4) is 5.75 Å². The molecule has 0 spiro atoms. The number of rotatable bonds is 5. The maximum atomic E-state index is 5.71. The summed E-state index contributed by atoms with van der Waals surface area (Å²) >= 11 is 4.46. The first kappa shape index (κ1) is 12.7. The lowest BCUT2D eigenvalue weighted by Crippen LogP contribution is -2.37. The van der Waals surface area contributed by atoms with Crippen molar-refractivity contribution >= 4 is 12.6 Å². The van der Waals surface area contributed by atoms with Crippen molar-refractivity contribution in [3.05, 3.63) is 30.3 Å². The Bertz CT molecular complexity index is 314. The van der Waals surface area contributed by atoms with Gasteiger partial charge in [-0.05, 0) is 12.1 Å². The van der Waals surface area contributed by atoms with Gasteiger partial charge < -0.3 is 9.47 Å². The van der Waals surface area contributed by atoms with E-state index < -0.39 is 0 Å². The van der Waals surface area contributed by atoms with Crippen molar-refractivity contribution in [2.75, 3.05) is 32.8 Å². The van der Waals surface area contributed by atoms with Crippen LogP contribution in [0.2, 0.25) is 0 Å². The summed E-state index contributed by atoms with van der Waals surface area (Å²) in [5.41, 5.74) is -0.0414. The standard InChI is InChI=1S/C13H19NO2S/c17-13(16-12-4-2-1-3-5-12)6-7-14-8-10-15-11-9-14/h1-5,13,17H,6-11H2. The molecule has 1 atom stereocenters. The van der Waals surface area contributed by atoms with Gasteiger partial charge >= 0.3 is 0 Å². The van der Waals surface area contributed by atoms with E-state index in [-0.39, 0.29) is 5.44 Å². The van der Waals surface area contributed by atoms with Crippen LogP contribution in [0.3, 0.4) is 0 Å². The Hall–Kier alpha value is -0.710. The maximum Gasteiger partial charge on any atom is 0.142 e. The Morgan fingerprint density at radius 3 is 2.65 bits per heavy atom. The molecule has 1 aliphatic heterocycles. The lowest BCUT2D eigenvalue weighted by Gasteiger charge is -2.27. The molecule has 1 aromatic rings. The SMILES string of the molecule is SC(CCN1CCOCC1)Oc1ccccc1. The molecule has 1 saturated heterocycles.